The van der Waals surface area contributed by atoms with Crippen LogP contribution in [0.1, 0.15) is 25.7 Å². The smallest absolute Gasteiger partial charge is 0.319 e. The minimum Gasteiger partial charge on any atom is -0.396 e. The van der Waals surface area contributed by atoms with Gasteiger partial charge in [0.2, 0.25) is 0 Å². The van der Waals surface area contributed by atoms with Crippen LogP contribution in [-0.4, -0.2) is 37.4 Å². The lowest BCUT2D eigenvalue weighted by Gasteiger charge is -2.28. The molecule has 0 bridgehead atoms. The number of hydrogen-bond donors (Lipinski definition) is 3. The maximum absolute atomic E-state index is 11.6. The molecule has 1 aromatic rings. The molecule has 0 spiro atoms. The van der Waals surface area contributed by atoms with E-state index in [9.17, 15) is 4.79 Å². The van der Waals surface area contributed by atoms with E-state index in [1.807, 2.05) is 12.1 Å². The summed E-state index contributed by atoms with van der Waals surface area (Å²) in [6.45, 7) is 2.81. The minimum absolute atomic E-state index is 0.0881. The Morgan fingerprint density at radius 1 is 1.15 bits per heavy atom. The van der Waals surface area contributed by atoms with E-state index < -0.39 is 0 Å². The van der Waals surface area contributed by atoms with Gasteiger partial charge in [-0.05, 0) is 49.9 Å². The first-order chi connectivity index (χ1) is 9.79. The van der Waals surface area contributed by atoms with Crippen molar-refractivity contribution in [3.63, 3.8) is 0 Å². The zero-order valence-corrected chi connectivity index (χ0v) is 11.8. The highest BCUT2D eigenvalue weighted by molar-refractivity contribution is 5.89. The van der Waals surface area contributed by atoms with Crippen molar-refractivity contribution in [3.05, 3.63) is 24.3 Å². The Morgan fingerprint density at radius 3 is 2.50 bits per heavy atom. The van der Waals surface area contributed by atoms with Crippen LogP contribution < -0.4 is 15.5 Å². The lowest BCUT2D eigenvalue weighted by atomic mass is 10.1. The van der Waals surface area contributed by atoms with Gasteiger partial charge >= 0.3 is 6.03 Å². The minimum atomic E-state index is -0.232. The van der Waals surface area contributed by atoms with Crippen LogP contribution in [0.2, 0.25) is 0 Å². The lowest BCUT2D eigenvalue weighted by molar-refractivity contribution is 0.249. The van der Waals surface area contributed by atoms with Gasteiger partial charge in [-0.1, -0.05) is 0 Å². The molecule has 5 nitrogen and oxygen atoms in total. The van der Waals surface area contributed by atoms with E-state index in [1.54, 1.807) is 0 Å². The lowest BCUT2D eigenvalue weighted by Crippen LogP contribution is -2.30. The zero-order valence-electron chi connectivity index (χ0n) is 11.8. The number of hydrogen-bond acceptors (Lipinski definition) is 3. The molecule has 0 unspecified atom stereocenters. The molecule has 1 aliphatic heterocycles. The predicted octanol–water partition coefficient (Wildman–Crippen LogP) is 2.18. The molecule has 0 radical (unpaired) electrons. The molecule has 0 atom stereocenters. The third-order valence-corrected chi connectivity index (χ3v) is 3.47. The molecule has 3 N–H and O–H groups in total. The molecular weight excluding hydrogens is 254 g/mol. The number of benzene rings is 1. The van der Waals surface area contributed by atoms with Crippen molar-refractivity contribution in [3.8, 4) is 0 Å². The summed E-state index contributed by atoms with van der Waals surface area (Å²) < 4.78 is 0. The van der Waals surface area contributed by atoms with E-state index in [0.29, 0.717) is 13.0 Å². The summed E-state index contributed by atoms with van der Waals surface area (Å²) in [5.74, 6) is 0. The van der Waals surface area contributed by atoms with E-state index in [1.165, 1.54) is 24.9 Å². The topological polar surface area (TPSA) is 64.6 Å². The third-order valence-electron chi connectivity index (χ3n) is 3.47. The fraction of sp³-hybridized carbons (Fsp3) is 0.533. The molecule has 2 rings (SSSR count). The Kier molecular flexibility index (Phi) is 5.68. The molecule has 1 aromatic carbocycles. The van der Waals surface area contributed by atoms with E-state index >= 15 is 0 Å². The molecule has 0 aromatic heterocycles. The maximum Gasteiger partial charge on any atom is 0.319 e. The largest absolute Gasteiger partial charge is 0.396 e. The number of amides is 2. The summed E-state index contributed by atoms with van der Waals surface area (Å²) in [5, 5.41) is 14.1. The Morgan fingerprint density at radius 2 is 1.85 bits per heavy atom. The van der Waals surface area contributed by atoms with Crippen LogP contribution in [0.15, 0.2) is 24.3 Å². The van der Waals surface area contributed by atoms with Gasteiger partial charge in [-0.15, -0.1) is 0 Å². The van der Waals surface area contributed by atoms with Crippen molar-refractivity contribution in [1.82, 2.24) is 5.32 Å². The second-order valence-corrected chi connectivity index (χ2v) is 5.05. The van der Waals surface area contributed by atoms with Gasteiger partial charge in [0.05, 0.1) is 0 Å². The first-order valence-electron chi connectivity index (χ1n) is 7.30. The van der Waals surface area contributed by atoms with Gasteiger partial charge in [0.1, 0.15) is 0 Å². The van der Waals surface area contributed by atoms with E-state index in [4.69, 9.17) is 5.11 Å². The number of aliphatic hydroxyl groups excluding tert-OH is 1. The van der Waals surface area contributed by atoms with E-state index in [-0.39, 0.29) is 12.6 Å². The van der Waals surface area contributed by atoms with Gasteiger partial charge < -0.3 is 20.6 Å². The number of nitrogens with zero attached hydrogens (tertiary/aromatic N) is 1. The Bertz CT molecular complexity index is 414. The number of urea groups is 1. The monoisotopic (exact) mass is 277 g/mol. The summed E-state index contributed by atoms with van der Waals surface area (Å²) in [4.78, 5) is 13.9. The molecule has 5 heteroatoms. The summed E-state index contributed by atoms with van der Waals surface area (Å²) in [7, 11) is 0. The fourth-order valence-corrected chi connectivity index (χ4v) is 2.36. The van der Waals surface area contributed by atoms with Crippen molar-refractivity contribution in [2.75, 3.05) is 36.5 Å². The first kappa shape index (κ1) is 14.7. The van der Waals surface area contributed by atoms with Crippen molar-refractivity contribution < 1.29 is 9.90 Å². The zero-order chi connectivity index (χ0) is 14.2. The average molecular weight is 277 g/mol. The summed E-state index contributed by atoms with van der Waals surface area (Å²) in [6.07, 6.45) is 4.41. The van der Waals surface area contributed by atoms with Crippen LogP contribution in [0.5, 0.6) is 0 Å². The second-order valence-electron chi connectivity index (χ2n) is 5.05. The van der Waals surface area contributed by atoms with Gasteiger partial charge in [-0.3, -0.25) is 0 Å². The average Bonchev–Trinajstić information content (AvgIpc) is 2.49. The SMILES string of the molecule is O=C(NCCCO)Nc1ccc(N2CCCCC2)cc1. The number of piperidine rings is 1. The van der Waals surface area contributed by atoms with Crippen LogP contribution in [0.4, 0.5) is 16.2 Å². The van der Waals surface area contributed by atoms with Gasteiger partial charge in [0.15, 0.2) is 0 Å². The molecule has 1 aliphatic rings. The number of rotatable bonds is 5. The Balaban J connectivity index is 1.83. The van der Waals surface area contributed by atoms with Crippen molar-refractivity contribution in [2.24, 2.45) is 0 Å². The fourth-order valence-electron chi connectivity index (χ4n) is 2.36. The molecule has 1 heterocycles. The molecular formula is C15H23N3O2. The highest BCUT2D eigenvalue weighted by atomic mass is 16.3. The normalized spacial score (nSPS) is 14.9. The van der Waals surface area contributed by atoms with Crippen molar-refractivity contribution in [1.29, 1.82) is 0 Å². The van der Waals surface area contributed by atoms with Crippen LogP contribution >= 0.6 is 0 Å². The summed E-state index contributed by atoms with van der Waals surface area (Å²) in [5.41, 5.74) is 2.00. The standard InChI is InChI=1S/C15H23N3O2/c19-12-4-9-16-15(20)17-13-5-7-14(8-6-13)18-10-2-1-3-11-18/h5-8,19H,1-4,9-12H2,(H2,16,17,20). The maximum atomic E-state index is 11.6. The Labute approximate surface area is 120 Å². The predicted molar refractivity (Wildman–Crippen MR) is 81.2 cm³/mol. The number of carbonyl (C=O) groups excluding carboxylic acids is 1. The third kappa shape index (κ3) is 4.42. The van der Waals surface area contributed by atoms with Crippen LogP contribution in [-0.2, 0) is 0 Å². The molecule has 110 valence electrons. The van der Waals surface area contributed by atoms with E-state index in [2.05, 4.69) is 27.7 Å². The number of nitrogens with one attached hydrogen (secondary N) is 2. The quantitative estimate of drug-likeness (QED) is 0.723. The summed E-state index contributed by atoms with van der Waals surface area (Å²) >= 11 is 0. The number of anilines is 2. The molecule has 20 heavy (non-hydrogen) atoms. The van der Waals surface area contributed by atoms with E-state index in [0.717, 1.165) is 18.8 Å². The summed E-state index contributed by atoms with van der Waals surface area (Å²) in [6, 6.07) is 7.72. The number of aliphatic hydroxyl groups is 1. The van der Waals surface area contributed by atoms with Crippen LogP contribution in [0.25, 0.3) is 0 Å². The van der Waals surface area contributed by atoms with Gasteiger partial charge in [0.25, 0.3) is 0 Å². The van der Waals surface area contributed by atoms with Gasteiger partial charge in [0, 0.05) is 37.6 Å². The number of carbonyl (C=O) groups is 1. The molecule has 2 amide bonds. The first-order valence-corrected chi connectivity index (χ1v) is 7.30. The van der Waals surface area contributed by atoms with Crippen LogP contribution in [0.3, 0.4) is 0 Å². The molecule has 1 saturated heterocycles. The van der Waals surface area contributed by atoms with Crippen molar-refractivity contribution in [2.45, 2.75) is 25.7 Å². The molecule has 1 fully saturated rings. The van der Waals surface area contributed by atoms with Crippen LogP contribution in [0, 0.1) is 0 Å². The van der Waals surface area contributed by atoms with Gasteiger partial charge in [-0.2, -0.15) is 0 Å². The van der Waals surface area contributed by atoms with Gasteiger partial charge in [-0.25, -0.2) is 4.79 Å². The second kappa shape index (κ2) is 7.75. The highest BCUT2D eigenvalue weighted by Gasteiger charge is 2.10. The highest BCUT2D eigenvalue weighted by Crippen LogP contribution is 2.21. The van der Waals surface area contributed by atoms with Crippen molar-refractivity contribution >= 4 is 17.4 Å². The molecule has 0 aliphatic carbocycles. The Hall–Kier alpha value is -1.75. The molecule has 0 saturated carbocycles.